The second-order valence-electron chi connectivity index (χ2n) is 5.72. The maximum absolute atomic E-state index is 12.7. The van der Waals surface area contributed by atoms with Gasteiger partial charge in [-0.05, 0) is 12.1 Å². The molecule has 9 heteroatoms. The van der Waals surface area contributed by atoms with Crippen molar-refractivity contribution in [2.24, 2.45) is 0 Å². The van der Waals surface area contributed by atoms with Gasteiger partial charge >= 0.3 is 5.97 Å². The number of carbonyl (C=O) groups is 3. The highest BCUT2D eigenvalue weighted by Crippen LogP contribution is 2.20. The molecule has 0 unspecified atom stereocenters. The van der Waals surface area contributed by atoms with Gasteiger partial charge in [0.2, 0.25) is 0 Å². The van der Waals surface area contributed by atoms with Crippen LogP contribution in [0.5, 0.6) is 5.75 Å². The summed E-state index contributed by atoms with van der Waals surface area (Å²) in [4.78, 5) is 45.7. The van der Waals surface area contributed by atoms with Gasteiger partial charge in [-0.3, -0.25) is 9.59 Å². The Balaban J connectivity index is 1.67. The summed E-state index contributed by atoms with van der Waals surface area (Å²) in [5, 5.41) is 9.09. The standard InChI is InChI=1S/C17H18N4O5/c1-26-12-5-3-2-4-11(12)15(22)20-6-8-21(9-7-20)16(23)13-14(17(24)25)19-10-18-13/h2-5,10H,6-9H2,1H3,(H,18,19)(H,24,25). The Morgan fingerprint density at radius 3 is 2.31 bits per heavy atom. The molecule has 0 aliphatic carbocycles. The molecular weight excluding hydrogens is 340 g/mol. The maximum Gasteiger partial charge on any atom is 0.354 e. The third kappa shape index (κ3) is 3.23. The van der Waals surface area contributed by atoms with Crippen LogP contribution in [0.25, 0.3) is 0 Å². The minimum absolute atomic E-state index is 0.123. The van der Waals surface area contributed by atoms with Gasteiger partial charge < -0.3 is 24.6 Å². The number of methoxy groups -OCH3 is 1. The molecule has 2 aromatic rings. The van der Waals surface area contributed by atoms with Crippen molar-refractivity contribution in [3.05, 3.63) is 47.5 Å². The zero-order valence-electron chi connectivity index (χ0n) is 14.1. The Kier molecular flexibility index (Phi) is 4.87. The van der Waals surface area contributed by atoms with Crippen molar-refractivity contribution in [3.8, 4) is 5.75 Å². The van der Waals surface area contributed by atoms with Crippen LogP contribution < -0.4 is 4.74 Å². The Morgan fingerprint density at radius 1 is 1.08 bits per heavy atom. The number of carboxylic acid groups (broad SMARTS) is 1. The molecular formula is C17H18N4O5. The molecule has 0 atom stereocenters. The van der Waals surface area contributed by atoms with E-state index in [4.69, 9.17) is 9.84 Å². The number of para-hydroxylation sites is 1. The molecule has 3 rings (SSSR count). The summed E-state index contributed by atoms with van der Waals surface area (Å²) in [6.07, 6.45) is 1.18. The monoisotopic (exact) mass is 358 g/mol. The molecule has 1 aromatic heterocycles. The molecule has 2 heterocycles. The second kappa shape index (κ2) is 7.26. The minimum Gasteiger partial charge on any atom is -0.496 e. The van der Waals surface area contributed by atoms with Crippen molar-refractivity contribution in [2.45, 2.75) is 0 Å². The lowest BCUT2D eigenvalue weighted by Crippen LogP contribution is -2.50. The molecule has 1 aromatic carbocycles. The smallest absolute Gasteiger partial charge is 0.354 e. The van der Waals surface area contributed by atoms with Crippen LogP contribution in [-0.4, -0.2) is 75.9 Å². The second-order valence-corrected chi connectivity index (χ2v) is 5.72. The van der Waals surface area contributed by atoms with Crippen molar-refractivity contribution in [1.29, 1.82) is 0 Å². The van der Waals surface area contributed by atoms with Crippen LogP contribution in [-0.2, 0) is 0 Å². The summed E-state index contributed by atoms with van der Waals surface area (Å²) < 4.78 is 5.22. The van der Waals surface area contributed by atoms with E-state index in [1.54, 1.807) is 29.2 Å². The minimum atomic E-state index is -1.24. The Bertz CT molecular complexity index is 839. The molecule has 2 amide bonds. The maximum atomic E-state index is 12.7. The van der Waals surface area contributed by atoms with Gasteiger partial charge in [0.1, 0.15) is 5.75 Å². The van der Waals surface area contributed by atoms with Crippen LogP contribution in [0.3, 0.4) is 0 Å². The van der Waals surface area contributed by atoms with E-state index in [1.807, 2.05) is 0 Å². The molecule has 1 aliphatic rings. The number of carboxylic acids is 1. The fourth-order valence-corrected chi connectivity index (χ4v) is 2.87. The van der Waals surface area contributed by atoms with Crippen molar-refractivity contribution >= 4 is 17.8 Å². The molecule has 1 aliphatic heterocycles. The number of ether oxygens (including phenoxy) is 1. The Hall–Kier alpha value is -3.36. The molecule has 0 bridgehead atoms. The number of nitrogens with zero attached hydrogens (tertiary/aromatic N) is 3. The molecule has 136 valence electrons. The summed E-state index contributed by atoms with van der Waals surface area (Å²) in [5.74, 6) is -1.37. The van der Waals surface area contributed by atoms with E-state index in [0.29, 0.717) is 37.5 Å². The lowest BCUT2D eigenvalue weighted by atomic mass is 10.1. The summed E-state index contributed by atoms with van der Waals surface area (Å²) in [7, 11) is 1.51. The molecule has 0 radical (unpaired) electrons. The predicted molar refractivity (Wildman–Crippen MR) is 90.3 cm³/mol. The molecule has 0 spiro atoms. The third-order valence-corrected chi connectivity index (χ3v) is 4.25. The van der Waals surface area contributed by atoms with E-state index >= 15 is 0 Å². The van der Waals surface area contributed by atoms with Gasteiger partial charge in [-0.25, -0.2) is 9.78 Å². The summed E-state index contributed by atoms with van der Waals surface area (Å²) >= 11 is 0. The highest BCUT2D eigenvalue weighted by molar-refractivity contribution is 6.02. The van der Waals surface area contributed by atoms with Crippen molar-refractivity contribution in [2.75, 3.05) is 33.3 Å². The molecule has 9 nitrogen and oxygen atoms in total. The molecule has 2 N–H and O–H groups in total. The normalized spacial score (nSPS) is 14.2. The van der Waals surface area contributed by atoms with Gasteiger partial charge in [-0.2, -0.15) is 0 Å². The van der Waals surface area contributed by atoms with Gasteiger partial charge in [0, 0.05) is 26.2 Å². The first kappa shape index (κ1) is 17.5. The summed E-state index contributed by atoms with van der Waals surface area (Å²) in [5.41, 5.74) is 0.111. The first-order chi connectivity index (χ1) is 12.5. The molecule has 26 heavy (non-hydrogen) atoms. The van der Waals surface area contributed by atoms with Gasteiger partial charge in [0.15, 0.2) is 11.4 Å². The van der Waals surface area contributed by atoms with Crippen LogP contribution in [0.15, 0.2) is 30.6 Å². The van der Waals surface area contributed by atoms with Crippen molar-refractivity contribution in [3.63, 3.8) is 0 Å². The average molecular weight is 358 g/mol. The Labute approximate surface area is 149 Å². The van der Waals surface area contributed by atoms with Gasteiger partial charge in [-0.15, -0.1) is 0 Å². The highest BCUT2D eigenvalue weighted by atomic mass is 16.5. The van der Waals surface area contributed by atoms with Crippen LogP contribution in [0, 0.1) is 0 Å². The zero-order valence-corrected chi connectivity index (χ0v) is 14.1. The largest absolute Gasteiger partial charge is 0.496 e. The van der Waals surface area contributed by atoms with E-state index in [0.717, 1.165) is 0 Å². The number of amides is 2. The van der Waals surface area contributed by atoms with Crippen LogP contribution >= 0.6 is 0 Å². The lowest BCUT2D eigenvalue weighted by Gasteiger charge is -2.34. The summed E-state index contributed by atoms with van der Waals surface area (Å²) in [6, 6.07) is 6.97. The number of rotatable bonds is 4. The SMILES string of the molecule is COc1ccccc1C(=O)N1CCN(C(=O)c2nc[nH]c2C(=O)O)CC1. The first-order valence-electron chi connectivity index (χ1n) is 8.01. The average Bonchev–Trinajstić information content (AvgIpc) is 3.17. The topological polar surface area (TPSA) is 116 Å². The molecule has 0 saturated carbocycles. The van der Waals surface area contributed by atoms with Crippen molar-refractivity contribution in [1.82, 2.24) is 19.8 Å². The number of aromatic carboxylic acids is 1. The quantitative estimate of drug-likeness (QED) is 0.832. The van der Waals surface area contributed by atoms with Gasteiger partial charge in [-0.1, -0.05) is 12.1 Å². The van der Waals surface area contributed by atoms with Crippen molar-refractivity contribution < 1.29 is 24.2 Å². The number of H-pyrrole nitrogens is 1. The van der Waals surface area contributed by atoms with Crippen LogP contribution in [0.1, 0.15) is 31.3 Å². The number of benzene rings is 1. The highest BCUT2D eigenvalue weighted by Gasteiger charge is 2.29. The van der Waals surface area contributed by atoms with Crippen LogP contribution in [0.4, 0.5) is 0 Å². The number of aromatic amines is 1. The lowest BCUT2D eigenvalue weighted by molar-refractivity contribution is 0.0526. The van der Waals surface area contributed by atoms with Crippen LogP contribution in [0.2, 0.25) is 0 Å². The number of piperazine rings is 1. The van der Waals surface area contributed by atoms with Gasteiger partial charge in [0.25, 0.3) is 11.8 Å². The zero-order chi connectivity index (χ0) is 18.7. The number of aromatic nitrogens is 2. The number of hydrogen-bond acceptors (Lipinski definition) is 5. The molecule has 1 saturated heterocycles. The first-order valence-corrected chi connectivity index (χ1v) is 8.01. The Morgan fingerprint density at radius 2 is 1.69 bits per heavy atom. The number of hydrogen-bond donors (Lipinski definition) is 2. The number of nitrogens with one attached hydrogen (secondary N) is 1. The summed E-state index contributed by atoms with van der Waals surface area (Å²) in [6.45, 7) is 1.28. The van der Waals surface area contributed by atoms with E-state index < -0.39 is 11.9 Å². The number of imidazole rings is 1. The van der Waals surface area contributed by atoms with E-state index in [1.165, 1.54) is 18.3 Å². The third-order valence-electron chi connectivity index (χ3n) is 4.25. The van der Waals surface area contributed by atoms with E-state index in [9.17, 15) is 14.4 Å². The van der Waals surface area contributed by atoms with Gasteiger partial charge in [0.05, 0.1) is 19.0 Å². The fraction of sp³-hybridized carbons (Fsp3) is 0.294. The number of carbonyl (C=O) groups excluding carboxylic acids is 2. The van der Waals surface area contributed by atoms with E-state index in [2.05, 4.69) is 9.97 Å². The molecule has 1 fully saturated rings. The fourth-order valence-electron chi connectivity index (χ4n) is 2.87. The van der Waals surface area contributed by atoms with E-state index in [-0.39, 0.29) is 17.3 Å². The predicted octanol–water partition coefficient (Wildman–Crippen LogP) is 0.715.